The van der Waals surface area contributed by atoms with Gasteiger partial charge >= 0.3 is 11.9 Å². The van der Waals surface area contributed by atoms with Crippen molar-refractivity contribution in [3.8, 4) is 11.8 Å². The van der Waals surface area contributed by atoms with E-state index in [1.165, 1.54) is 43.5 Å². The molecule has 0 amide bonds. The Morgan fingerprint density at radius 2 is 1.82 bits per heavy atom. The van der Waals surface area contributed by atoms with Crippen LogP contribution in [0.2, 0.25) is 0 Å². The van der Waals surface area contributed by atoms with E-state index in [4.69, 9.17) is 19.5 Å². The molecule has 3 atom stereocenters. The monoisotopic (exact) mass is 518 g/mol. The molecule has 0 saturated heterocycles. The maximum Gasteiger partial charge on any atom is 0.342 e. The van der Waals surface area contributed by atoms with E-state index in [9.17, 15) is 19.7 Å². The zero-order valence-corrected chi connectivity index (χ0v) is 21.4. The highest BCUT2D eigenvalue weighted by molar-refractivity contribution is 5.94. The molecule has 9 heteroatoms. The Bertz CT molecular complexity index is 1230. The zero-order valence-electron chi connectivity index (χ0n) is 21.4. The maximum atomic E-state index is 13.3. The van der Waals surface area contributed by atoms with Crippen molar-refractivity contribution in [3.05, 3.63) is 107 Å². The molecule has 2 aromatic rings. The summed E-state index contributed by atoms with van der Waals surface area (Å²) in [4.78, 5) is 36.5. The van der Waals surface area contributed by atoms with Crippen molar-refractivity contribution >= 4 is 17.6 Å². The van der Waals surface area contributed by atoms with Crippen LogP contribution in [0.25, 0.3) is 0 Å². The molecular formula is C29H30N2O7. The first kappa shape index (κ1) is 29.5. The van der Waals surface area contributed by atoms with Crippen LogP contribution in [-0.4, -0.2) is 36.2 Å². The van der Waals surface area contributed by atoms with E-state index in [1.807, 2.05) is 13.0 Å². The molecule has 2 rings (SSSR count). The van der Waals surface area contributed by atoms with E-state index < -0.39 is 29.1 Å². The topological polar surface area (TPSA) is 129 Å². The Hall–Kier alpha value is -4.71. The first-order valence-corrected chi connectivity index (χ1v) is 11.9. The van der Waals surface area contributed by atoms with Gasteiger partial charge in [-0.1, -0.05) is 31.2 Å². The van der Waals surface area contributed by atoms with Gasteiger partial charge in [-0.05, 0) is 48.6 Å². The lowest BCUT2D eigenvalue weighted by atomic mass is 9.95. The second-order valence-corrected chi connectivity index (χ2v) is 8.40. The van der Waals surface area contributed by atoms with Gasteiger partial charge in [0.15, 0.2) is 0 Å². The van der Waals surface area contributed by atoms with E-state index in [0.29, 0.717) is 24.2 Å². The highest BCUT2D eigenvalue weighted by Gasteiger charge is 2.28. The van der Waals surface area contributed by atoms with Crippen LogP contribution in [-0.2, 0) is 15.9 Å². The highest BCUT2D eigenvalue weighted by atomic mass is 16.6. The number of nitrogens with zero attached hydrogens (tertiary/aromatic N) is 2. The summed E-state index contributed by atoms with van der Waals surface area (Å²) in [6, 6.07) is 12.1. The molecule has 9 nitrogen and oxygen atoms in total. The quantitative estimate of drug-likeness (QED) is 0.101. The summed E-state index contributed by atoms with van der Waals surface area (Å²) >= 11 is 0. The molecule has 0 fully saturated rings. The number of benzene rings is 2. The van der Waals surface area contributed by atoms with Crippen LogP contribution in [0.5, 0.6) is 5.75 Å². The number of non-ortho nitro benzene ring substituents is 1. The molecule has 0 aliphatic heterocycles. The summed E-state index contributed by atoms with van der Waals surface area (Å²) in [7, 11) is 1.45. The fourth-order valence-electron chi connectivity index (χ4n) is 3.78. The minimum atomic E-state index is -0.912. The van der Waals surface area contributed by atoms with Crippen molar-refractivity contribution in [1.29, 1.82) is 5.26 Å². The Balaban J connectivity index is 2.33. The van der Waals surface area contributed by atoms with Crippen molar-refractivity contribution in [1.82, 2.24) is 0 Å². The van der Waals surface area contributed by atoms with Gasteiger partial charge in [-0.15, -0.1) is 13.2 Å². The number of hydrogen-bond acceptors (Lipinski definition) is 8. The summed E-state index contributed by atoms with van der Waals surface area (Å²) in [5.74, 6) is -1.23. The van der Waals surface area contributed by atoms with Gasteiger partial charge in [0.05, 0.1) is 23.7 Å². The molecule has 0 bridgehead atoms. The number of nitro benzene ring substituents is 1. The number of carbonyl (C=O) groups excluding carboxylic acids is 2. The number of rotatable bonds is 14. The minimum absolute atomic E-state index is 0.0591. The molecule has 0 heterocycles. The number of methoxy groups -OCH3 is 1. The smallest absolute Gasteiger partial charge is 0.342 e. The molecule has 0 aromatic heterocycles. The lowest BCUT2D eigenvalue weighted by Gasteiger charge is -2.27. The van der Waals surface area contributed by atoms with E-state index in [2.05, 4.69) is 13.2 Å². The Morgan fingerprint density at radius 1 is 1.11 bits per heavy atom. The predicted molar refractivity (Wildman–Crippen MR) is 142 cm³/mol. The van der Waals surface area contributed by atoms with Crippen LogP contribution in [0, 0.1) is 27.4 Å². The molecular weight excluding hydrogens is 488 g/mol. The second-order valence-electron chi connectivity index (χ2n) is 8.40. The van der Waals surface area contributed by atoms with Crippen molar-refractivity contribution in [2.45, 2.75) is 38.4 Å². The summed E-state index contributed by atoms with van der Waals surface area (Å²) in [5, 5.41) is 20.0. The van der Waals surface area contributed by atoms with Gasteiger partial charge in [-0.3, -0.25) is 10.1 Å². The van der Waals surface area contributed by atoms with Gasteiger partial charge in [0, 0.05) is 24.6 Å². The Kier molecular flexibility index (Phi) is 11.5. The average Bonchev–Trinajstić information content (AvgIpc) is 2.91. The van der Waals surface area contributed by atoms with Crippen molar-refractivity contribution in [3.63, 3.8) is 0 Å². The Labute approximate surface area is 221 Å². The van der Waals surface area contributed by atoms with E-state index in [0.717, 1.165) is 0 Å². The van der Waals surface area contributed by atoms with Gasteiger partial charge in [0.2, 0.25) is 0 Å². The number of nitriles is 1. The predicted octanol–water partition coefficient (Wildman–Crippen LogP) is 5.76. The number of nitro groups is 1. The molecule has 0 saturated carbocycles. The van der Waals surface area contributed by atoms with Crippen LogP contribution in [0.3, 0.4) is 0 Å². The number of carbonyl (C=O) groups is 2. The molecule has 0 unspecified atom stereocenters. The molecule has 0 aliphatic rings. The zero-order chi connectivity index (χ0) is 28.1. The summed E-state index contributed by atoms with van der Waals surface area (Å²) in [6.45, 7) is 9.32. The van der Waals surface area contributed by atoms with Crippen molar-refractivity contribution < 1.29 is 28.7 Å². The first-order valence-electron chi connectivity index (χ1n) is 11.9. The maximum absolute atomic E-state index is 13.3. The number of ether oxygens (including phenoxy) is 3. The molecule has 0 N–H and O–H groups in total. The second kappa shape index (κ2) is 14.8. The molecule has 0 spiro atoms. The van der Waals surface area contributed by atoms with Crippen LogP contribution < -0.4 is 4.74 Å². The van der Waals surface area contributed by atoms with Crippen molar-refractivity contribution in [2.75, 3.05) is 7.11 Å². The van der Waals surface area contributed by atoms with E-state index >= 15 is 0 Å². The number of hydrogen-bond donors (Lipinski definition) is 0. The largest absolute Gasteiger partial charge is 0.496 e. The van der Waals surface area contributed by atoms with Crippen molar-refractivity contribution in [2.24, 2.45) is 5.92 Å². The van der Waals surface area contributed by atoms with Gasteiger partial charge in [-0.25, -0.2) is 9.59 Å². The normalized spacial score (nSPS) is 13.0. The minimum Gasteiger partial charge on any atom is -0.496 e. The molecule has 0 aliphatic carbocycles. The fourth-order valence-corrected chi connectivity index (χ4v) is 3.78. The fraction of sp³-hybridized carbons (Fsp3) is 0.276. The summed E-state index contributed by atoms with van der Waals surface area (Å²) in [5.41, 5.74) is 0.881. The van der Waals surface area contributed by atoms with Gasteiger partial charge in [0.1, 0.15) is 23.5 Å². The third-order valence-corrected chi connectivity index (χ3v) is 5.75. The van der Waals surface area contributed by atoms with Gasteiger partial charge in [0.25, 0.3) is 5.69 Å². The number of esters is 2. The lowest BCUT2D eigenvalue weighted by Crippen LogP contribution is -2.31. The average molecular weight is 519 g/mol. The van der Waals surface area contributed by atoms with E-state index in [-0.39, 0.29) is 29.2 Å². The van der Waals surface area contributed by atoms with Crippen LogP contribution in [0.1, 0.15) is 46.0 Å². The first-order chi connectivity index (χ1) is 18.2. The SMILES string of the molecule is C=CCc1cccc(OC)c1C(=O)O[C@@H](/C=C/C#N)C[C@@H](OC(=O)c1ccc([N+](=O)[O-])cc1)[C@@H](C)CC=C. The van der Waals surface area contributed by atoms with Crippen LogP contribution in [0.15, 0.2) is 79.9 Å². The molecule has 198 valence electrons. The summed E-state index contributed by atoms with van der Waals surface area (Å²) < 4.78 is 16.9. The number of allylic oxidation sites excluding steroid dienone is 3. The van der Waals surface area contributed by atoms with E-state index in [1.54, 1.807) is 30.4 Å². The van der Waals surface area contributed by atoms with Crippen LogP contribution in [0.4, 0.5) is 5.69 Å². The van der Waals surface area contributed by atoms with Gasteiger partial charge < -0.3 is 14.2 Å². The lowest BCUT2D eigenvalue weighted by molar-refractivity contribution is -0.384. The molecule has 2 aromatic carbocycles. The summed E-state index contributed by atoms with van der Waals surface area (Å²) in [6.07, 6.45) is 5.27. The third-order valence-electron chi connectivity index (χ3n) is 5.75. The van der Waals surface area contributed by atoms with Gasteiger partial charge in [-0.2, -0.15) is 5.26 Å². The van der Waals surface area contributed by atoms with Crippen LogP contribution >= 0.6 is 0 Å². The highest BCUT2D eigenvalue weighted by Crippen LogP contribution is 2.27. The molecule has 0 radical (unpaired) electrons. The third kappa shape index (κ3) is 8.17. The standard InChI is InChI=1S/C29H30N2O7/c1-5-9-20(3)26(38-28(32)22-14-16-23(17-15-22)31(34)35)19-24(12-8-18-30)37-29(33)27-21(10-6-2)11-7-13-25(27)36-4/h5-8,11-17,20,24,26H,1-2,9-10,19H2,3-4H3/b12-8+/t20-,24-,26+/m0/s1. The Morgan fingerprint density at radius 3 is 2.39 bits per heavy atom. The molecule has 38 heavy (non-hydrogen) atoms.